The Bertz CT molecular complexity index is 1070. The van der Waals surface area contributed by atoms with Crippen LogP contribution in [0.1, 0.15) is 16.2 Å². The molecular formula is C18H12FN3O3. The smallest absolute Gasteiger partial charge is 0.313 e. The molecule has 1 amide bonds. The Morgan fingerprint density at radius 3 is 2.56 bits per heavy atom. The number of carbonyl (C=O) groups is 1. The van der Waals surface area contributed by atoms with Gasteiger partial charge in [-0.1, -0.05) is 18.2 Å². The van der Waals surface area contributed by atoms with E-state index in [1.165, 1.54) is 24.3 Å². The Kier molecular flexibility index (Phi) is 3.53. The maximum Gasteiger partial charge on any atom is 0.313 e. The molecule has 0 aliphatic rings. The van der Waals surface area contributed by atoms with Crippen molar-refractivity contribution < 1.29 is 18.0 Å². The highest BCUT2D eigenvalue weighted by Crippen LogP contribution is 2.32. The minimum absolute atomic E-state index is 0.123. The molecule has 2 aromatic heterocycles. The maximum absolute atomic E-state index is 12.9. The number of amides is 1. The Hall–Kier alpha value is -3.48. The van der Waals surface area contributed by atoms with Crippen molar-refractivity contribution in [1.29, 1.82) is 0 Å². The van der Waals surface area contributed by atoms with E-state index in [-0.39, 0.29) is 11.8 Å². The fraction of sp³-hybridized carbons (Fsp3) is 0.0556. The number of benzene rings is 2. The van der Waals surface area contributed by atoms with Crippen LogP contribution in [-0.2, 0) is 0 Å². The van der Waals surface area contributed by atoms with Gasteiger partial charge in [-0.3, -0.25) is 4.79 Å². The second kappa shape index (κ2) is 5.86. The van der Waals surface area contributed by atoms with Crippen LogP contribution < -0.4 is 5.32 Å². The number of anilines is 1. The van der Waals surface area contributed by atoms with E-state index in [1.54, 1.807) is 0 Å². The first-order valence-corrected chi connectivity index (χ1v) is 7.51. The normalized spacial score (nSPS) is 11.0. The van der Waals surface area contributed by atoms with Crippen molar-refractivity contribution in [2.45, 2.75) is 6.92 Å². The summed E-state index contributed by atoms with van der Waals surface area (Å²) in [6.07, 6.45) is 0. The molecule has 2 aromatic carbocycles. The number of nitrogens with zero attached hydrogens (tertiary/aromatic N) is 2. The van der Waals surface area contributed by atoms with Gasteiger partial charge in [0.2, 0.25) is 0 Å². The summed E-state index contributed by atoms with van der Waals surface area (Å²) >= 11 is 0. The molecule has 0 aliphatic heterocycles. The number of furan rings is 1. The average molecular weight is 337 g/mol. The van der Waals surface area contributed by atoms with Crippen molar-refractivity contribution in [1.82, 2.24) is 10.2 Å². The van der Waals surface area contributed by atoms with Crippen LogP contribution in [0.15, 0.2) is 57.4 Å². The van der Waals surface area contributed by atoms with Gasteiger partial charge in [0.05, 0.1) is 0 Å². The lowest BCUT2D eigenvalue weighted by Crippen LogP contribution is -2.12. The number of fused-ring (bicyclic) bond motifs is 1. The third-order valence-corrected chi connectivity index (χ3v) is 3.76. The summed E-state index contributed by atoms with van der Waals surface area (Å²) in [6.45, 7) is 1.88. The number of carbonyl (C=O) groups excluding carboxylic acids is 1. The number of aryl methyl sites for hydroxylation is 1. The lowest BCUT2D eigenvalue weighted by molar-refractivity contribution is 0.0990. The summed E-state index contributed by atoms with van der Waals surface area (Å²) in [5.41, 5.74) is 1.97. The zero-order valence-electron chi connectivity index (χ0n) is 13.1. The van der Waals surface area contributed by atoms with Crippen LogP contribution in [0.5, 0.6) is 0 Å². The zero-order chi connectivity index (χ0) is 17.4. The van der Waals surface area contributed by atoms with Gasteiger partial charge in [-0.05, 0) is 37.3 Å². The maximum atomic E-state index is 12.9. The fourth-order valence-electron chi connectivity index (χ4n) is 2.50. The lowest BCUT2D eigenvalue weighted by atomic mass is 10.1. The number of rotatable bonds is 3. The summed E-state index contributed by atoms with van der Waals surface area (Å²) in [6, 6.07) is 12.9. The topological polar surface area (TPSA) is 81.2 Å². The fourth-order valence-corrected chi connectivity index (χ4v) is 2.50. The molecule has 0 aliphatic carbocycles. The summed E-state index contributed by atoms with van der Waals surface area (Å²) in [4.78, 5) is 12.2. The van der Waals surface area contributed by atoms with Crippen molar-refractivity contribution >= 4 is 22.6 Å². The predicted octanol–water partition coefficient (Wildman–Crippen LogP) is 4.18. The number of aromatic nitrogens is 2. The van der Waals surface area contributed by atoms with E-state index < -0.39 is 11.7 Å². The largest absolute Gasteiger partial charge is 0.451 e. The molecular weight excluding hydrogens is 325 g/mol. The van der Waals surface area contributed by atoms with Crippen molar-refractivity contribution in [3.8, 4) is 11.7 Å². The van der Waals surface area contributed by atoms with Gasteiger partial charge in [-0.25, -0.2) is 4.39 Å². The van der Waals surface area contributed by atoms with Crippen LogP contribution in [0.25, 0.3) is 22.6 Å². The van der Waals surface area contributed by atoms with E-state index >= 15 is 0 Å². The van der Waals surface area contributed by atoms with Gasteiger partial charge >= 0.3 is 11.8 Å². The second-order valence-corrected chi connectivity index (χ2v) is 5.43. The SMILES string of the molecule is Cc1c(-c2nnc(C(=O)Nc3ccc(F)cc3)o2)oc2ccccc12. The van der Waals surface area contributed by atoms with Crippen molar-refractivity contribution in [3.63, 3.8) is 0 Å². The monoisotopic (exact) mass is 337 g/mol. The first-order valence-electron chi connectivity index (χ1n) is 7.51. The molecule has 0 spiro atoms. The van der Waals surface area contributed by atoms with Gasteiger partial charge in [0.15, 0.2) is 5.76 Å². The molecule has 0 saturated carbocycles. The summed E-state index contributed by atoms with van der Waals surface area (Å²) in [7, 11) is 0. The van der Waals surface area contributed by atoms with Gasteiger partial charge in [0.1, 0.15) is 11.4 Å². The molecule has 25 heavy (non-hydrogen) atoms. The van der Waals surface area contributed by atoms with Crippen LogP contribution >= 0.6 is 0 Å². The Labute approximate surface area is 141 Å². The predicted molar refractivity (Wildman–Crippen MR) is 88.6 cm³/mol. The van der Waals surface area contributed by atoms with E-state index in [4.69, 9.17) is 8.83 Å². The summed E-state index contributed by atoms with van der Waals surface area (Å²) in [5, 5.41) is 11.1. The molecule has 124 valence electrons. The number of halogens is 1. The van der Waals surface area contributed by atoms with Crippen molar-refractivity contribution in [3.05, 3.63) is 65.8 Å². The van der Waals surface area contributed by atoms with Crippen LogP contribution in [-0.4, -0.2) is 16.1 Å². The number of nitrogens with one attached hydrogen (secondary N) is 1. The molecule has 0 fully saturated rings. The van der Waals surface area contributed by atoms with Gasteiger partial charge in [-0.15, -0.1) is 10.2 Å². The Balaban J connectivity index is 1.61. The van der Waals surface area contributed by atoms with E-state index in [1.807, 2.05) is 31.2 Å². The van der Waals surface area contributed by atoms with Gasteiger partial charge in [-0.2, -0.15) is 0 Å². The zero-order valence-corrected chi connectivity index (χ0v) is 13.1. The molecule has 6 nitrogen and oxygen atoms in total. The third kappa shape index (κ3) is 2.76. The number of hydrogen-bond acceptors (Lipinski definition) is 5. The van der Waals surface area contributed by atoms with Crippen molar-refractivity contribution in [2.75, 3.05) is 5.32 Å². The average Bonchev–Trinajstić information content (AvgIpc) is 3.22. The van der Waals surface area contributed by atoms with Crippen molar-refractivity contribution in [2.24, 2.45) is 0 Å². The van der Waals surface area contributed by atoms with Crippen LogP contribution in [0.4, 0.5) is 10.1 Å². The molecule has 0 unspecified atom stereocenters. The number of hydrogen-bond donors (Lipinski definition) is 1. The van der Waals surface area contributed by atoms with Crippen LogP contribution in [0, 0.1) is 12.7 Å². The van der Waals surface area contributed by atoms with Gasteiger partial charge in [0, 0.05) is 16.6 Å². The molecule has 4 aromatic rings. The van der Waals surface area contributed by atoms with Gasteiger partial charge < -0.3 is 14.2 Å². The van der Waals surface area contributed by atoms with E-state index in [2.05, 4.69) is 15.5 Å². The van der Waals surface area contributed by atoms with Crippen LogP contribution in [0.2, 0.25) is 0 Å². The lowest BCUT2D eigenvalue weighted by Gasteiger charge is -2.01. The minimum Gasteiger partial charge on any atom is -0.451 e. The Morgan fingerprint density at radius 1 is 1.04 bits per heavy atom. The van der Waals surface area contributed by atoms with E-state index in [0.29, 0.717) is 17.0 Å². The number of para-hydroxylation sites is 1. The highest BCUT2D eigenvalue weighted by Gasteiger charge is 2.21. The standard InChI is InChI=1S/C18H12FN3O3/c1-10-13-4-2-3-5-14(13)24-15(10)17-21-22-18(25-17)16(23)20-12-8-6-11(19)7-9-12/h2-9H,1H3,(H,20,23). The molecule has 4 rings (SSSR count). The second-order valence-electron chi connectivity index (χ2n) is 5.43. The Morgan fingerprint density at radius 2 is 1.80 bits per heavy atom. The molecule has 0 saturated heterocycles. The van der Waals surface area contributed by atoms with E-state index in [0.717, 1.165) is 10.9 Å². The third-order valence-electron chi connectivity index (χ3n) is 3.76. The molecule has 7 heteroatoms. The van der Waals surface area contributed by atoms with Gasteiger partial charge in [0.25, 0.3) is 5.89 Å². The van der Waals surface area contributed by atoms with E-state index in [9.17, 15) is 9.18 Å². The summed E-state index contributed by atoms with van der Waals surface area (Å²) < 4.78 is 24.1. The summed E-state index contributed by atoms with van der Waals surface area (Å²) in [5.74, 6) is -0.635. The molecule has 0 radical (unpaired) electrons. The van der Waals surface area contributed by atoms with Crippen LogP contribution in [0.3, 0.4) is 0 Å². The first-order chi connectivity index (χ1) is 12.1. The highest BCUT2D eigenvalue weighted by atomic mass is 19.1. The molecule has 1 N–H and O–H groups in total. The highest BCUT2D eigenvalue weighted by molar-refractivity contribution is 6.01. The molecule has 0 bridgehead atoms. The minimum atomic E-state index is -0.584. The molecule has 0 atom stereocenters. The molecule has 2 heterocycles. The first kappa shape index (κ1) is 15.1. The quantitative estimate of drug-likeness (QED) is 0.606.